The Morgan fingerprint density at radius 2 is 2.16 bits per heavy atom. The lowest BCUT2D eigenvalue weighted by Crippen LogP contribution is -2.73. The summed E-state index contributed by atoms with van der Waals surface area (Å²) in [5.74, 6) is 1.52. The van der Waals surface area contributed by atoms with Crippen molar-refractivity contribution in [3.8, 4) is 6.07 Å². The summed E-state index contributed by atoms with van der Waals surface area (Å²) in [6.45, 7) is 9.74. The Morgan fingerprint density at radius 3 is 2.88 bits per heavy atom. The van der Waals surface area contributed by atoms with Gasteiger partial charge in [0.05, 0.1) is 29.8 Å². The Bertz CT molecular complexity index is 1010. The summed E-state index contributed by atoms with van der Waals surface area (Å²) in [5, 5.41) is 13.8. The molecule has 0 bridgehead atoms. The second-order valence-electron chi connectivity index (χ2n) is 9.26. The number of aryl methyl sites for hydroxylation is 2. The fraction of sp³-hybridized carbons (Fsp3) is 0.636. The molecule has 0 aromatic carbocycles. The summed E-state index contributed by atoms with van der Waals surface area (Å²) in [7, 11) is 1.81. The van der Waals surface area contributed by atoms with E-state index >= 15 is 0 Å². The Kier molecular flexibility index (Phi) is 5.75. The summed E-state index contributed by atoms with van der Waals surface area (Å²) >= 11 is 1.41. The van der Waals surface area contributed by atoms with Gasteiger partial charge in [-0.1, -0.05) is 0 Å². The second-order valence-corrected chi connectivity index (χ2v) is 10.1. The lowest BCUT2D eigenvalue weighted by Gasteiger charge is -2.58. The number of nitrogens with zero attached hydrogens (tertiary/aromatic N) is 7. The first-order valence-corrected chi connectivity index (χ1v) is 11.9. The first kappa shape index (κ1) is 21.5. The van der Waals surface area contributed by atoms with Crippen molar-refractivity contribution in [1.29, 1.82) is 5.26 Å². The van der Waals surface area contributed by atoms with Crippen molar-refractivity contribution in [3.63, 3.8) is 0 Å². The van der Waals surface area contributed by atoms with Crippen molar-refractivity contribution in [2.75, 3.05) is 56.6 Å². The van der Waals surface area contributed by atoms with Gasteiger partial charge in [-0.25, -0.2) is 4.98 Å². The van der Waals surface area contributed by atoms with E-state index in [-0.39, 0.29) is 5.54 Å². The molecule has 0 saturated carbocycles. The van der Waals surface area contributed by atoms with Crippen molar-refractivity contribution in [2.24, 2.45) is 0 Å². The van der Waals surface area contributed by atoms with Crippen LogP contribution in [0, 0.1) is 25.2 Å². The largest absolute Gasteiger partial charge is 0.380 e. The Labute approximate surface area is 193 Å². The maximum Gasteiger partial charge on any atom is 0.229 e. The average molecular weight is 455 g/mol. The second kappa shape index (κ2) is 8.56. The fourth-order valence-corrected chi connectivity index (χ4v) is 5.98. The van der Waals surface area contributed by atoms with Crippen LogP contribution in [0.4, 0.5) is 16.8 Å². The van der Waals surface area contributed by atoms with E-state index in [1.165, 1.54) is 11.5 Å². The van der Waals surface area contributed by atoms with Gasteiger partial charge in [-0.05, 0) is 37.9 Å². The Balaban J connectivity index is 1.29. The van der Waals surface area contributed by atoms with E-state index in [9.17, 15) is 5.26 Å². The highest BCUT2D eigenvalue weighted by Gasteiger charge is 2.51. The summed E-state index contributed by atoms with van der Waals surface area (Å²) in [6.07, 6.45) is 3.82. The zero-order chi connectivity index (χ0) is 22.3. The van der Waals surface area contributed by atoms with Gasteiger partial charge in [0.2, 0.25) is 5.95 Å². The van der Waals surface area contributed by atoms with Crippen molar-refractivity contribution >= 4 is 28.3 Å². The van der Waals surface area contributed by atoms with Crippen LogP contribution in [0.25, 0.3) is 0 Å². The SMILES string of the molecule is CO[C@H]1C[C@H]2CN(C3(CC#N)CN(c4nc(Nc5cc(C)ns5)ncc4C)C3)CCN2C1. The van der Waals surface area contributed by atoms with E-state index in [1.54, 1.807) is 0 Å². The molecule has 32 heavy (non-hydrogen) atoms. The molecule has 5 rings (SSSR count). The molecule has 10 heteroatoms. The molecule has 2 atom stereocenters. The number of piperazine rings is 1. The van der Waals surface area contributed by atoms with Crippen molar-refractivity contribution in [2.45, 2.75) is 44.4 Å². The quantitative estimate of drug-likeness (QED) is 0.705. The monoisotopic (exact) mass is 454 g/mol. The van der Waals surface area contributed by atoms with Crippen LogP contribution in [0.5, 0.6) is 0 Å². The van der Waals surface area contributed by atoms with Crippen molar-refractivity contribution < 1.29 is 4.74 Å². The van der Waals surface area contributed by atoms with Gasteiger partial charge in [0.1, 0.15) is 10.8 Å². The highest BCUT2D eigenvalue weighted by Crippen LogP contribution is 2.38. The number of hydrogen-bond donors (Lipinski definition) is 1. The lowest BCUT2D eigenvalue weighted by atomic mass is 9.83. The molecule has 5 heterocycles. The lowest BCUT2D eigenvalue weighted by molar-refractivity contribution is -0.000801. The van der Waals surface area contributed by atoms with Crippen LogP contribution in [0.1, 0.15) is 24.1 Å². The summed E-state index contributed by atoms with van der Waals surface area (Å²) in [6, 6.07) is 4.98. The van der Waals surface area contributed by atoms with Crippen LogP contribution in [-0.4, -0.2) is 88.2 Å². The number of nitriles is 1. The fourth-order valence-electron chi connectivity index (χ4n) is 5.33. The molecule has 3 aliphatic rings. The van der Waals surface area contributed by atoms with E-state index in [0.29, 0.717) is 24.5 Å². The minimum absolute atomic E-state index is 0.105. The maximum atomic E-state index is 9.62. The first-order valence-electron chi connectivity index (χ1n) is 11.2. The third-order valence-corrected chi connectivity index (χ3v) is 7.86. The number of aromatic nitrogens is 3. The topological polar surface area (TPSA) is 93.4 Å². The van der Waals surface area contributed by atoms with Crippen LogP contribution in [0.15, 0.2) is 12.3 Å². The van der Waals surface area contributed by atoms with Gasteiger partial charge in [-0.3, -0.25) is 9.80 Å². The molecule has 3 fully saturated rings. The zero-order valence-electron chi connectivity index (χ0n) is 18.9. The van der Waals surface area contributed by atoms with Gasteiger partial charge in [-0.15, -0.1) is 0 Å². The van der Waals surface area contributed by atoms with E-state index in [4.69, 9.17) is 9.72 Å². The Morgan fingerprint density at radius 1 is 1.31 bits per heavy atom. The number of fused-ring (bicyclic) bond motifs is 1. The molecular formula is C22H30N8OS. The smallest absolute Gasteiger partial charge is 0.229 e. The molecule has 0 unspecified atom stereocenters. The predicted octanol–water partition coefficient (Wildman–Crippen LogP) is 2.17. The molecule has 9 nitrogen and oxygen atoms in total. The molecule has 1 N–H and O–H groups in total. The molecule has 3 aliphatic heterocycles. The van der Waals surface area contributed by atoms with E-state index in [1.807, 2.05) is 33.2 Å². The van der Waals surface area contributed by atoms with Gasteiger partial charge in [-0.2, -0.15) is 14.6 Å². The van der Waals surface area contributed by atoms with E-state index < -0.39 is 0 Å². The van der Waals surface area contributed by atoms with Crippen molar-refractivity contribution in [3.05, 3.63) is 23.5 Å². The van der Waals surface area contributed by atoms with Crippen LogP contribution in [0.3, 0.4) is 0 Å². The number of hydrogen-bond acceptors (Lipinski definition) is 10. The normalized spacial score (nSPS) is 25.2. The minimum Gasteiger partial charge on any atom is -0.380 e. The molecule has 170 valence electrons. The number of rotatable bonds is 6. The molecule has 3 saturated heterocycles. The van der Waals surface area contributed by atoms with Gasteiger partial charge in [0.25, 0.3) is 0 Å². The Hall–Kier alpha value is -2.32. The van der Waals surface area contributed by atoms with Gasteiger partial charge < -0.3 is 15.0 Å². The highest BCUT2D eigenvalue weighted by atomic mass is 32.1. The van der Waals surface area contributed by atoms with Gasteiger partial charge >= 0.3 is 0 Å². The predicted molar refractivity (Wildman–Crippen MR) is 124 cm³/mol. The molecular weight excluding hydrogens is 424 g/mol. The van der Waals surface area contributed by atoms with Crippen molar-refractivity contribution in [1.82, 2.24) is 24.1 Å². The molecule has 0 amide bonds. The number of ether oxygens (including phenoxy) is 1. The third kappa shape index (κ3) is 3.94. The third-order valence-electron chi connectivity index (χ3n) is 7.07. The van der Waals surface area contributed by atoms with E-state index in [2.05, 4.69) is 35.4 Å². The van der Waals surface area contributed by atoms with Crippen LogP contribution in [-0.2, 0) is 4.74 Å². The summed E-state index contributed by atoms with van der Waals surface area (Å²) in [5.41, 5.74) is 1.92. The molecule has 0 aliphatic carbocycles. The molecule has 0 radical (unpaired) electrons. The zero-order valence-corrected chi connectivity index (χ0v) is 19.7. The maximum absolute atomic E-state index is 9.62. The van der Waals surface area contributed by atoms with Gasteiger partial charge in [0.15, 0.2) is 0 Å². The minimum atomic E-state index is -0.105. The van der Waals surface area contributed by atoms with Crippen LogP contribution in [0.2, 0.25) is 0 Å². The number of methoxy groups -OCH3 is 1. The summed E-state index contributed by atoms with van der Waals surface area (Å²) in [4.78, 5) is 16.6. The van der Waals surface area contributed by atoms with Crippen LogP contribution < -0.4 is 10.2 Å². The molecule has 2 aromatic heterocycles. The number of nitrogens with one attached hydrogen (secondary N) is 1. The average Bonchev–Trinajstić information content (AvgIpc) is 3.37. The molecule has 2 aromatic rings. The number of anilines is 3. The highest BCUT2D eigenvalue weighted by molar-refractivity contribution is 7.10. The summed E-state index contributed by atoms with van der Waals surface area (Å²) < 4.78 is 9.92. The van der Waals surface area contributed by atoms with Gasteiger partial charge in [0, 0.05) is 64.2 Å². The standard InChI is InChI=1S/C22H30N8OS/c1-15-10-24-21(25-19-8-16(2)27-32-19)26-20(15)29-13-22(14-29,4-5-23)30-7-6-28-12-18(31-3)9-17(28)11-30/h8,10,17-18H,4,6-7,9,11-14H2,1-3H3,(H,24,25,26)/t17-,18-/m0/s1. The first-order chi connectivity index (χ1) is 15.5. The molecule has 0 spiro atoms. The van der Waals surface area contributed by atoms with E-state index in [0.717, 1.165) is 67.8 Å². The van der Waals surface area contributed by atoms with Crippen LogP contribution >= 0.6 is 11.5 Å².